The Labute approximate surface area is 171 Å². The van der Waals surface area contributed by atoms with Crippen LogP contribution in [0.15, 0.2) is 40.5 Å². The first-order valence-electron chi connectivity index (χ1n) is 9.08. The first-order valence-corrected chi connectivity index (χ1v) is 9.96. The van der Waals surface area contributed by atoms with Crippen LogP contribution in [0.1, 0.15) is 31.9 Å². The van der Waals surface area contributed by atoms with Crippen molar-refractivity contribution in [2.24, 2.45) is 4.99 Å². The second-order valence-corrected chi connectivity index (χ2v) is 7.67. The van der Waals surface area contributed by atoms with Crippen molar-refractivity contribution in [1.82, 2.24) is 4.90 Å². The number of esters is 1. The molecule has 10 heteroatoms. The van der Waals surface area contributed by atoms with Gasteiger partial charge < -0.3 is 9.47 Å². The number of hydrogen-bond donors (Lipinski definition) is 0. The van der Waals surface area contributed by atoms with Gasteiger partial charge in [-0.2, -0.15) is 0 Å². The zero-order valence-electron chi connectivity index (χ0n) is 16.3. The van der Waals surface area contributed by atoms with Crippen LogP contribution in [0.25, 0.3) is 0 Å². The smallest absolute Gasteiger partial charge is 0.338 e. The lowest BCUT2D eigenvalue weighted by Crippen LogP contribution is -2.41. The van der Waals surface area contributed by atoms with Crippen molar-refractivity contribution >= 4 is 34.5 Å². The van der Waals surface area contributed by atoms with Gasteiger partial charge in [-0.05, 0) is 18.9 Å². The zero-order valence-corrected chi connectivity index (χ0v) is 17.1. The summed E-state index contributed by atoms with van der Waals surface area (Å²) in [6.07, 6.45) is 0.605. The lowest BCUT2D eigenvalue weighted by molar-refractivity contribution is -0.384. The number of carbonyl (C=O) groups is 2. The number of non-ortho nitro benzene ring substituents is 1. The van der Waals surface area contributed by atoms with Crippen LogP contribution < -0.4 is 0 Å². The minimum absolute atomic E-state index is 0.0463. The summed E-state index contributed by atoms with van der Waals surface area (Å²) in [5, 5.41) is 11.4. The molecular weight excluding hydrogens is 398 g/mol. The zero-order chi connectivity index (χ0) is 21.1. The third kappa shape index (κ3) is 4.03. The Bertz CT molecular complexity index is 913. The number of rotatable bonds is 7. The number of benzene rings is 1. The van der Waals surface area contributed by atoms with Gasteiger partial charge in [-0.1, -0.05) is 30.8 Å². The molecule has 2 heterocycles. The van der Waals surface area contributed by atoms with Gasteiger partial charge in [0.1, 0.15) is 6.61 Å². The number of nitrogens with zero attached hydrogens (tertiary/aromatic N) is 3. The minimum Gasteiger partial charge on any atom is -0.460 e. The molecule has 0 unspecified atom stereocenters. The monoisotopic (exact) mass is 419 g/mol. The average molecular weight is 419 g/mol. The van der Waals surface area contributed by atoms with Crippen LogP contribution in [0, 0.1) is 10.1 Å². The molecule has 2 atom stereocenters. The van der Waals surface area contributed by atoms with E-state index in [1.54, 1.807) is 13.0 Å². The Morgan fingerprint density at radius 3 is 2.79 bits per heavy atom. The van der Waals surface area contributed by atoms with E-state index < -0.39 is 16.9 Å². The predicted molar refractivity (Wildman–Crippen MR) is 107 cm³/mol. The molecule has 154 valence electrons. The van der Waals surface area contributed by atoms with E-state index in [0.717, 1.165) is 0 Å². The molecule has 29 heavy (non-hydrogen) atoms. The largest absolute Gasteiger partial charge is 0.460 e. The number of allylic oxidation sites excluding steroid dienone is 1. The number of nitro groups is 1. The van der Waals surface area contributed by atoms with Gasteiger partial charge in [-0.25, -0.2) is 9.79 Å². The van der Waals surface area contributed by atoms with Crippen molar-refractivity contribution in [2.45, 2.75) is 31.6 Å². The van der Waals surface area contributed by atoms with E-state index in [1.807, 2.05) is 6.92 Å². The van der Waals surface area contributed by atoms with Gasteiger partial charge in [0.05, 0.1) is 34.1 Å². The third-order valence-corrected chi connectivity index (χ3v) is 5.98. The van der Waals surface area contributed by atoms with E-state index >= 15 is 0 Å². The minimum atomic E-state index is -0.839. The quantitative estimate of drug-likeness (QED) is 0.289. The normalized spacial score (nSPS) is 21.1. The van der Waals surface area contributed by atoms with Gasteiger partial charge in [0, 0.05) is 19.2 Å². The molecule has 1 fully saturated rings. The van der Waals surface area contributed by atoms with E-state index in [4.69, 9.17) is 9.47 Å². The van der Waals surface area contributed by atoms with Crippen LogP contribution in [0.5, 0.6) is 0 Å². The van der Waals surface area contributed by atoms with E-state index in [9.17, 15) is 19.7 Å². The number of nitro benzene ring substituents is 1. The molecule has 1 saturated heterocycles. The van der Waals surface area contributed by atoms with Crippen molar-refractivity contribution in [2.75, 3.05) is 20.3 Å². The summed E-state index contributed by atoms with van der Waals surface area (Å²) in [5.74, 6) is -0.806. The van der Waals surface area contributed by atoms with Crippen molar-refractivity contribution < 1.29 is 24.0 Å². The Hall–Kier alpha value is -2.72. The van der Waals surface area contributed by atoms with Gasteiger partial charge in [0.25, 0.3) is 5.69 Å². The number of aliphatic imine (C=N–C) groups is 1. The van der Waals surface area contributed by atoms with Gasteiger partial charge in [-0.3, -0.25) is 19.8 Å². The number of methoxy groups -OCH3 is 1. The van der Waals surface area contributed by atoms with Crippen molar-refractivity contribution in [3.05, 3.63) is 51.2 Å². The van der Waals surface area contributed by atoms with Crippen molar-refractivity contribution in [1.29, 1.82) is 0 Å². The summed E-state index contributed by atoms with van der Waals surface area (Å²) in [4.78, 5) is 42.5. The average Bonchev–Trinajstić information content (AvgIpc) is 3.02. The highest BCUT2D eigenvalue weighted by atomic mass is 32.2. The maximum absolute atomic E-state index is 13.0. The number of carbonyl (C=O) groups excluding carboxylic acids is 2. The molecule has 2 aliphatic rings. The Morgan fingerprint density at radius 2 is 2.14 bits per heavy atom. The van der Waals surface area contributed by atoms with Crippen molar-refractivity contribution in [3.8, 4) is 0 Å². The lowest BCUT2D eigenvalue weighted by atomic mass is 9.94. The fourth-order valence-corrected chi connectivity index (χ4v) is 4.40. The topological polar surface area (TPSA) is 111 Å². The molecular formula is C19H21N3O6S. The first kappa shape index (κ1) is 21.0. The molecule has 0 saturated carbocycles. The highest BCUT2D eigenvalue weighted by Crippen LogP contribution is 2.44. The number of hydrogen-bond acceptors (Lipinski definition) is 8. The molecule has 0 radical (unpaired) electrons. The Morgan fingerprint density at radius 1 is 1.38 bits per heavy atom. The van der Waals surface area contributed by atoms with Crippen LogP contribution in [-0.2, 0) is 19.1 Å². The van der Waals surface area contributed by atoms with E-state index in [2.05, 4.69) is 4.99 Å². The molecule has 3 rings (SSSR count). The molecule has 0 N–H and O–H groups in total. The number of fused-ring (bicyclic) bond motifs is 1. The predicted octanol–water partition coefficient (Wildman–Crippen LogP) is 2.82. The fourth-order valence-electron chi connectivity index (χ4n) is 3.27. The molecule has 1 aromatic rings. The number of amidine groups is 1. The third-order valence-electron chi connectivity index (χ3n) is 4.66. The molecule has 0 aromatic heterocycles. The Balaban J connectivity index is 2.09. The highest BCUT2D eigenvalue weighted by Gasteiger charge is 2.47. The molecule has 0 aliphatic carbocycles. The summed E-state index contributed by atoms with van der Waals surface area (Å²) >= 11 is 1.34. The van der Waals surface area contributed by atoms with E-state index in [1.165, 1.54) is 42.0 Å². The van der Waals surface area contributed by atoms with Crippen LogP contribution >= 0.6 is 11.8 Å². The molecule has 1 aromatic carbocycles. The van der Waals surface area contributed by atoms with Crippen LogP contribution in [0.3, 0.4) is 0 Å². The maximum atomic E-state index is 13.0. The van der Waals surface area contributed by atoms with Gasteiger partial charge in [0.2, 0.25) is 5.91 Å². The maximum Gasteiger partial charge on any atom is 0.338 e. The van der Waals surface area contributed by atoms with Crippen molar-refractivity contribution in [3.63, 3.8) is 0 Å². The molecule has 2 aliphatic heterocycles. The van der Waals surface area contributed by atoms with Gasteiger partial charge >= 0.3 is 5.97 Å². The highest BCUT2D eigenvalue weighted by molar-refractivity contribution is 8.15. The van der Waals surface area contributed by atoms with Crippen LogP contribution in [0.4, 0.5) is 5.69 Å². The first-order chi connectivity index (χ1) is 13.9. The number of amides is 1. The molecule has 0 spiro atoms. The fraction of sp³-hybridized carbons (Fsp3) is 0.421. The summed E-state index contributed by atoms with van der Waals surface area (Å²) in [6.45, 7) is 3.85. The summed E-state index contributed by atoms with van der Waals surface area (Å²) < 4.78 is 10.2. The lowest BCUT2D eigenvalue weighted by Gasteiger charge is -2.33. The number of thioether (sulfide) groups is 1. The standard InChI is InChI=1S/C19H21N3O6S/c1-4-14-17(23)21-16(12-6-5-7-13(10-12)22(25)26)15(11(2)20-19(21)29-14)18(24)28-9-8-27-3/h5-7,10,14,16H,4,8-9H2,1-3H3/t14-,16+/m1/s1. The summed E-state index contributed by atoms with van der Waals surface area (Å²) in [7, 11) is 1.49. The number of ether oxygens (including phenoxy) is 2. The van der Waals surface area contributed by atoms with Gasteiger partial charge in [0.15, 0.2) is 5.17 Å². The summed E-state index contributed by atoms with van der Waals surface area (Å²) in [6, 6.07) is 5.10. The molecule has 1 amide bonds. The Kier molecular flexibility index (Phi) is 6.33. The second kappa shape index (κ2) is 8.75. The van der Waals surface area contributed by atoms with Crippen LogP contribution in [-0.4, -0.2) is 52.4 Å². The van der Waals surface area contributed by atoms with E-state index in [-0.39, 0.29) is 35.6 Å². The summed E-state index contributed by atoms with van der Waals surface area (Å²) in [5.41, 5.74) is 0.946. The SMILES string of the molecule is CC[C@H]1SC2=NC(C)=C(C(=O)OCCOC)[C@H](c3cccc([N+](=O)[O-])c3)N2C1=O. The molecule has 9 nitrogen and oxygen atoms in total. The molecule has 0 bridgehead atoms. The van der Waals surface area contributed by atoms with E-state index in [0.29, 0.717) is 22.8 Å². The van der Waals surface area contributed by atoms with Gasteiger partial charge in [-0.15, -0.1) is 0 Å². The van der Waals surface area contributed by atoms with Crippen LogP contribution in [0.2, 0.25) is 0 Å². The second-order valence-electron chi connectivity index (χ2n) is 6.50.